The third-order valence-electron chi connectivity index (χ3n) is 5.25. The van der Waals surface area contributed by atoms with Crippen LogP contribution in [0, 0.1) is 0 Å². The minimum atomic E-state index is -0.468. The van der Waals surface area contributed by atoms with Gasteiger partial charge < -0.3 is 14.1 Å². The number of hydrogen-bond donors (Lipinski definition) is 1. The summed E-state index contributed by atoms with van der Waals surface area (Å²) in [5.41, 5.74) is 2.04. The number of aromatic nitrogens is 1. The minimum absolute atomic E-state index is 0.189. The van der Waals surface area contributed by atoms with E-state index in [0.717, 1.165) is 31.2 Å². The Morgan fingerprint density at radius 1 is 1.24 bits per heavy atom. The van der Waals surface area contributed by atoms with E-state index in [1.807, 2.05) is 37.8 Å². The molecule has 0 radical (unpaired) electrons. The SMILES string of the molecule is CC(C)(C)OC(=O)N1C2CCC1CC(c1ccc3[nH]c(=O)oc3c1)C2. The number of hydrogen-bond acceptors (Lipinski definition) is 4. The van der Waals surface area contributed by atoms with Crippen LogP contribution in [0.2, 0.25) is 0 Å². The van der Waals surface area contributed by atoms with Crippen LogP contribution in [-0.4, -0.2) is 33.7 Å². The van der Waals surface area contributed by atoms with Gasteiger partial charge >= 0.3 is 11.8 Å². The molecule has 2 aliphatic rings. The van der Waals surface area contributed by atoms with Crippen molar-refractivity contribution in [3.8, 4) is 0 Å². The zero-order chi connectivity index (χ0) is 17.8. The monoisotopic (exact) mass is 344 g/mol. The molecule has 1 N–H and O–H groups in total. The van der Waals surface area contributed by atoms with Crippen molar-refractivity contribution in [1.82, 2.24) is 9.88 Å². The van der Waals surface area contributed by atoms with Gasteiger partial charge in [-0.2, -0.15) is 0 Å². The van der Waals surface area contributed by atoms with Gasteiger partial charge in [-0.15, -0.1) is 0 Å². The van der Waals surface area contributed by atoms with Gasteiger partial charge in [-0.3, -0.25) is 4.98 Å². The van der Waals surface area contributed by atoms with Crippen LogP contribution in [0.4, 0.5) is 4.79 Å². The summed E-state index contributed by atoms with van der Waals surface area (Å²) in [4.78, 5) is 28.5. The molecule has 134 valence electrons. The second-order valence-corrected chi connectivity index (χ2v) is 8.21. The van der Waals surface area contributed by atoms with Crippen molar-refractivity contribution in [1.29, 1.82) is 0 Å². The lowest BCUT2D eigenvalue weighted by molar-refractivity contribution is 0.00584. The number of nitrogens with zero attached hydrogens (tertiary/aromatic N) is 1. The first kappa shape index (κ1) is 16.2. The summed E-state index contributed by atoms with van der Waals surface area (Å²) in [6.45, 7) is 5.71. The van der Waals surface area contributed by atoms with Gasteiger partial charge in [0.15, 0.2) is 5.58 Å². The molecule has 2 unspecified atom stereocenters. The van der Waals surface area contributed by atoms with Gasteiger partial charge in [0.25, 0.3) is 0 Å². The molecule has 6 heteroatoms. The Hall–Kier alpha value is -2.24. The Morgan fingerprint density at radius 3 is 2.56 bits per heavy atom. The second kappa shape index (κ2) is 5.64. The lowest BCUT2D eigenvalue weighted by atomic mass is 9.85. The minimum Gasteiger partial charge on any atom is -0.444 e. The molecule has 25 heavy (non-hydrogen) atoms. The van der Waals surface area contributed by atoms with Crippen LogP contribution in [0.25, 0.3) is 11.1 Å². The third-order valence-corrected chi connectivity index (χ3v) is 5.25. The number of benzene rings is 1. The largest absolute Gasteiger partial charge is 0.444 e. The number of rotatable bonds is 1. The third kappa shape index (κ3) is 3.05. The Bertz CT molecular complexity index is 846. The van der Waals surface area contributed by atoms with Crippen LogP contribution in [0.15, 0.2) is 27.4 Å². The number of piperidine rings is 1. The fraction of sp³-hybridized carbons (Fsp3) is 0.579. The maximum absolute atomic E-state index is 12.5. The highest BCUT2D eigenvalue weighted by Crippen LogP contribution is 2.44. The Labute approximate surface area is 146 Å². The van der Waals surface area contributed by atoms with E-state index in [2.05, 4.69) is 11.1 Å². The molecule has 1 amide bonds. The number of oxazole rings is 1. The highest BCUT2D eigenvalue weighted by molar-refractivity contribution is 5.73. The van der Waals surface area contributed by atoms with Crippen LogP contribution >= 0.6 is 0 Å². The molecule has 2 aromatic rings. The summed E-state index contributed by atoms with van der Waals surface area (Å²) in [6.07, 6.45) is 3.72. The molecule has 2 fully saturated rings. The molecule has 6 nitrogen and oxygen atoms in total. The van der Waals surface area contributed by atoms with Gasteiger partial charge in [0.05, 0.1) is 5.52 Å². The molecular weight excluding hydrogens is 320 g/mol. The van der Waals surface area contributed by atoms with Crippen LogP contribution < -0.4 is 5.76 Å². The Morgan fingerprint density at radius 2 is 1.92 bits per heavy atom. The van der Waals surface area contributed by atoms with E-state index < -0.39 is 11.4 Å². The number of nitrogens with one attached hydrogen (secondary N) is 1. The van der Waals surface area contributed by atoms with Gasteiger partial charge in [-0.1, -0.05) is 6.07 Å². The summed E-state index contributed by atoms with van der Waals surface area (Å²) in [7, 11) is 0. The van der Waals surface area contributed by atoms with E-state index in [0.29, 0.717) is 11.5 Å². The average Bonchev–Trinajstić information content (AvgIpc) is 3.01. The molecule has 2 bridgehead atoms. The first-order valence-electron chi connectivity index (χ1n) is 8.94. The molecule has 3 heterocycles. The van der Waals surface area contributed by atoms with E-state index >= 15 is 0 Å². The summed E-state index contributed by atoms with van der Waals surface area (Å²) in [5, 5.41) is 0. The maximum atomic E-state index is 12.5. The van der Waals surface area contributed by atoms with Crippen LogP contribution in [0.3, 0.4) is 0 Å². The Balaban J connectivity index is 1.54. The van der Waals surface area contributed by atoms with Gasteiger partial charge in [-0.05, 0) is 70.1 Å². The van der Waals surface area contributed by atoms with E-state index in [9.17, 15) is 9.59 Å². The quantitative estimate of drug-likeness (QED) is 0.854. The zero-order valence-corrected chi connectivity index (χ0v) is 14.9. The van der Waals surface area contributed by atoms with Gasteiger partial charge in [-0.25, -0.2) is 9.59 Å². The fourth-order valence-electron chi connectivity index (χ4n) is 4.28. The van der Waals surface area contributed by atoms with Crippen molar-refractivity contribution in [2.24, 2.45) is 0 Å². The van der Waals surface area contributed by atoms with E-state index in [1.54, 1.807) is 0 Å². The van der Waals surface area contributed by atoms with Crippen molar-refractivity contribution >= 4 is 17.2 Å². The standard InChI is InChI=1S/C19H24N2O4/c1-19(2,3)25-18(23)21-13-5-6-14(21)9-12(8-13)11-4-7-15-16(10-11)24-17(22)20-15/h4,7,10,12-14H,5-6,8-9H2,1-3H3,(H,20,22). The number of fused-ring (bicyclic) bond motifs is 3. The lowest BCUT2D eigenvalue weighted by Gasteiger charge is -2.39. The van der Waals surface area contributed by atoms with Crippen molar-refractivity contribution < 1.29 is 13.9 Å². The number of aromatic amines is 1. The van der Waals surface area contributed by atoms with Crippen molar-refractivity contribution in [3.63, 3.8) is 0 Å². The molecule has 2 atom stereocenters. The smallest absolute Gasteiger partial charge is 0.417 e. The number of amides is 1. The molecule has 1 aromatic carbocycles. The number of ether oxygens (including phenoxy) is 1. The molecular formula is C19H24N2O4. The van der Waals surface area contributed by atoms with Crippen LogP contribution in [0.1, 0.15) is 57.9 Å². The number of H-pyrrole nitrogens is 1. The van der Waals surface area contributed by atoms with Crippen LogP contribution in [-0.2, 0) is 4.74 Å². The zero-order valence-electron chi connectivity index (χ0n) is 14.9. The predicted octanol–water partition coefficient (Wildman–Crippen LogP) is 3.77. The van der Waals surface area contributed by atoms with E-state index in [1.165, 1.54) is 5.56 Å². The number of carbonyl (C=O) groups excluding carboxylic acids is 1. The van der Waals surface area contributed by atoms with Crippen molar-refractivity contribution in [2.45, 2.75) is 70.1 Å². The van der Waals surface area contributed by atoms with Gasteiger partial charge in [0, 0.05) is 12.1 Å². The van der Waals surface area contributed by atoms with E-state index in [4.69, 9.17) is 9.15 Å². The summed E-state index contributed by atoms with van der Waals surface area (Å²) in [5.74, 6) is -0.0484. The molecule has 0 aliphatic carbocycles. The maximum Gasteiger partial charge on any atom is 0.417 e. The second-order valence-electron chi connectivity index (χ2n) is 8.21. The van der Waals surface area contributed by atoms with E-state index in [-0.39, 0.29) is 18.2 Å². The van der Waals surface area contributed by atoms with Crippen LogP contribution in [0.5, 0.6) is 0 Å². The summed E-state index contributed by atoms with van der Waals surface area (Å²) >= 11 is 0. The molecule has 0 saturated carbocycles. The average molecular weight is 344 g/mol. The summed E-state index contributed by atoms with van der Waals surface area (Å²) in [6, 6.07) is 6.37. The highest BCUT2D eigenvalue weighted by Gasteiger charge is 2.45. The highest BCUT2D eigenvalue weighted by atomic mass is 16.6. The first-order chi connectivity index (χ1) is 11.8. The van der Waals surface area contributed by atoms with Gasteiger partial charge in [0.1, 0.15) is 5.60 Å². The first-order valence-corrected chi connectivity index (χ1v) is 8.94. The molecule has 0 spiro atoms. The normalized spacial score (nSPS) is 26.2. The Kier molecular flexibility index (Phi) is 3.67. The molecule has 4 rings (SSSR count). The van der Waals surface area contributed by atoms with Crippen molar-refractivity contribution in [2.75, 3.05) is 0 Å². The molecule has 2 saturated heterocycles. The number of carbonyl (C=O) groups is 1. The molecule has 2 aliphatic heterocycles. The van der Waals surface area contributed by atoms with Gasteiger partial charge in [0.2, 0.25) is 0 Å². The topological polar surface area (TPSA) is 75.5 Å². The van der Waals surface area contributed by atoms with Crippen molar-refractivity contribution in [3.05, 3.63) is 34.3 Å². The fourth-order valence-corrected chi connectivity index (χ4v) is 4.28. The lowest BCUT2D eigenvalue weighted by Crippen LogP contribution is -2.48. The molecule has 1 aromatic heterocycles. The predicted molar refractivity (Wildman–Crippen MR) is 93.7 cm³/mol. The summed E-state index contributed by atoms with van der Waals surface area (Å²) < 4.78 is 10.8.